The number of carbonyl (C=O) groups is 1. The second kappa shape index (κ2) is 8.25. The summed E-state index contributed by atoms with van der Waals surface area (Å²) in [5.74, 6) is -0.699. The first-order valence-electron chi connectivity index (χ1n) is 9.24. The quantitative estimate of drug-likeness (QED) is 0.531. The predicted octanol–water partition coefficient (Wildman–Crippen LogP) is 5.22. The third-order valence-electron chi connectivity index (χ3n) is 5.09. The maximum atomic E-state index is 15.2. The van der Waals surface area contributed by atoms with Gasteiger partial charge in [0.05, 0.1) is 27.0 Å². The van der Waals surface area contributed by atoms with Crippen LogP contribution in [-0.4, -0.2) is 39.4 Å². The molecule has 0 bridgehead atoms. The molecule has 3 heterocycles. The molecule has 0 unspecified atom stereocenters. The second-order valence-electron chi connectivity index (χ2n) is 7.18. The van der Waals surface area contributed by atoms with Gasteiger partial charge in [0.15, 0.2) is 5.82 Å². The number of nitrogens with zero attached hydrogens (tertiary/aromatic N) is 3. The highest BCUT2D eigenvalue weighted by Crippen LogP contribution is 2.44. The molecular weight excluding hydrogens is 431 g/mol. The molecule has 2 aromatic heterocycles. The summed E-state index contributed by atoms with van der Waals surface area (Å²) in [6, 6.07) is 6.20. The average molecular weight is 449 g/mol. The number of carboxylic acid groups (broad SMARTS) is 1. The first-order chi connectivity index (χ1) is 14.4. The van der Waals surface area contributed by atoms with Gasteiger partial charge in [0.2, 0.25) is 5.28 Å². The Labute approximate surface area is 180 Å². The Morgan fingerprint density at radius 3 is 2.77 bits per heavy atom. The molecule has 0 aliphatic carbocycles. The lowest BCUT2D eigenvalue weighted by atomic mass is 9.83. The Bertz CT molecular complexity index is 1100. The van der Waals surface area contributed by atoms with E-state index in [9.17, 15) is 4.79 Å². The van der Waals surface area contributed by atoms with E-state index in [1.54, 1.807) is 18.2 Å². The van der Waals surface area contributed by atoms with Crippen molar-refractivity contribution in [1.29, 1.82) is 0 Å². The van der Waals surface area contributed by atoms with Crippen molar-refractivity contribution < 1.29 is 19.0 Å². The van der Waals surface area contributed by atoms with Crippen molar-refractivity contribution in [2.24, 2.45) is 0 Å². The van der Waals surface area contributed by atoms with Crippen molar-refractivity contribution in [3.63, 3.8) is 0 Å². The zero-order valence-electron chi connectivity index (χ0n) is 16.0. The average Bonchev–Trinajstić information content (AvgIpc) is 3.16. The van der Waals surface area contributed by atoms with Crippen LogP contribution < -0.4 is 5.32 Å². The van der Waals surface area contributed by atoms with Gasteiger partial charge in [0.25, 0.3) is 0 Å². The second-order valence-corrected chi connectivity index (χ2v) is 8.52. The molecule has 0 saturated carbocycles. The molecule has 10 heteroatoms. The van der Waals surface area contributed by atoms with Crippen LogP contribution in [0, 0.1) is 5.82 Å². The third-order valence-corrected chi connectivity index (χ3v) is 6.66. The van der Waals surface area contributed by atoms with Gasteiger partial charge in [-0.15, -0.1) is 11.3 Å². The van der Waals surface area contributed by atoms with Crippen LogP contribution in [0.2, 0.25) is 5.28 Å². The van der Waals surface area contributed by atoms with Crippen LogP contribution in [-0.2, 0) is 10.2 Å². The van der Waals surface area contributed by atoms with Crippen molar-refractivity contribution >= 4 is 34.7 Å². The van der Waals surface area contributed by atoms with Gasteiger partial charge >= 0.3 is 6.09 Å². The number of anilines is 1. The molecular formula is C20H18ClFN4O3S. The summed E-state index contributed by atoms with van der Waals surface area (Å²) in [6.45, 7) is 3.38. The van der Waals surface area contributed by atoms with Gasteiger partial charge in [-0.05, 0) is 42.6 Å². The summed E-state index contributed by atoms with van der Waals surface area (Å²) in [7, 11) is 0. The summed E-state index contributed by atoms with van der Waals surface area (Å²) in [4.78, 5) is 24.7. The summed E-state index contributed by atoms with van der Waals surface area (Å²) >= 11 is 7.42. The number of hydrogen-bond donors (Lipinski definition) is 2. The van der Waals surface area contributed by atoms with E-state index >= 15 is 4.39 Å². The van der Waals surface area contributed by atoms with E-state index in [1.807, 2.05) is 0 Å². The minimum atomic E-state index is -1.34. The Morgan fingerprint density at radius 1 is 1.30 bits per heavy atom. The number of benzene rings is 1. The monoisotopic (exact) mass is 448 g/mol. The van der Waals surface area contributed by atoms with Crippen LogP contribution in [0.3, 0.4) is 0 Å². The topological polar surface area (TPSA) is 97.2 Å². The fourth-order valence-corrected chi connectivity index (χ4v) is 4.76. The van der Waals surface area contributed by atoms with Crippen LogP contribution in [0.25, 0.3) is 21.8 Å². The van der Waals surface area contributed by atoms with E-state index in [2.05, 4.69) is 22.2 Å². The maximum absolute atomic E-state index is 15.2. The Morgan fingerprint density at radius 2 is 2.07 bits per heavy atom. The highest BCUT2D eigenvalue weighted by atomic mass is 35.5. The molecule has 1 fully saturated rings. The molecule has 1 aliphatic heterocycles. The number of amides is 1. The summed E-state index contributed by atoms with van der Waals surface area (Å²) in [5.41, 5.74) is 0.757. The zero-order chi connectivity index (χ0) is 21.3. The number of aromatic nitrogens is 3. The molecule has 1 amide bonds. The van der Waals surface area contributed by atoms with E-state index in [1.165, 1.54) is 23.6 Å². The fraction of sp³-hybridized carbons (Fsp3) is 0.300. The molecule has 4 rings (SSSR count). The molecule has 156 valence electrons. The van der Waals surface area contributed by atoms with Gasteiger partial charge in [0.1, 0.15) is 0 Å². The molecule has 7 nitrogen and oxygen atoms in total. The van der Waals surface area contributed by atoms with Gasteiger partial charge in [-0.1, -0.05) is 13.0 Å². The minimum absolute atomic E-state index is 0.0763. The van der Waals surface area contributed by atoms with Gasteiger partial charge in [-0.25, -0.2) is 24.1 Å². The first-order valence-corrected chi connectivity index (χ1v) is 10.4. The molecule has 30 heavy (non-hydrogen) atoms. The van der Waals surface area contributed by atoms with Crippen molar-refractivity contribution in [3.05, 3.63) is 46.6 Å². The van der Waals surface area contributed by atoms with Crippen molar-refractivity contribution in [1.82, 2.24) is 15.0 Å². The molecule has 2 N–H and O–H groups in total. The van der Waals surface area contributed by atoms with Gasteiger partial charge < -0.3 is 9.84 Å². The lowest BCUT2D eigenvalue weighted by Gasteiger charge is -2.31. The maximum Gasteiger partial charge on any atom is 0.409 e. The Hall–Kier alpha value is -2.62. The zero-order valence-corrected chi connectivity index (χ0v) is 17.6. The van der Waals surface area contributed by atoms with Crippen LogP contribution in [0.4, 0.5) is 14.9 Å². The summed E-state index contributed by atoms with van der Waals surface area (Å²) in [6.07, 6.45) is 1.78. The largest absolute Gasteiger partial charge is 0.465 e. The lowest BCUT2D eigenvalue weighted by molar-refractivity contribution is 0.0564. The van der Waals surface area contributed by atoms with Crippen molar-refractivity contribution in [3.8, 4) is 21.8 Å². The number of ether oxygens (including phenoxy) is 1. The summed E-state index contributed by atoms with van der Waals surface area (Å²) in [5, 5.41) is 12.0. The summed E-state index contributed by atoms with van der Waals surface area (Å²) < 4.78 is 20.7. The highest BCUT2D eigenvalue weighted by molar-refractivity contribution is 7.15. The van der Waals surface area contributed by atoms with E-state index in [-0.39, 0.29) is 21.9 Å². The molecule has 0 radical (unpaired) electrons. The Balaban J connectivity index is 1.89. The molecule has 0 spiro atoms. The smallest absolute Gasteiger partial charge is 0.409 e. The predicted molar refractivity (Wildman–Crippen MR) is 113 cm³/mol. The van der Waals surface area contributed by atoms with E-state index in [0.717, 1.165) is 17.8 Å². The van der Waals surface area contributed by atoms with Crippen LogP contribution in [0.5, 0.6) is 0 Å². The molecule has 1 aliphatic rings. The number of hydrogen-bond acceptors (Lipinski definition) is 6. The molecule has 0 atom stereocenters. The van der Waals surface area contributed by atoms with E-state index < -0.39 is 11.9 Å². The number of nitrogens with one attached hydrogen (secondary N) is 1. The normalized spacial score (nSPS) is 15.7. The first kappa shape index (κ1) is 20.6. The van der Waals surface area contributed by atoms with Gasteiger partial charge in [-0.2, -0.15) is 0 Å². The minimum Gasteiger partial charge on any atom is -0.465 e. The van der Waals surface area contributed by atoms with Gasteiger partial charge in [-0.3, -0.25) is 5.32 Å². The number of rotatable bonds is 4. The molecule has 1 aromatic carbocycles. The van der Waals surface area contributed by atoms with Crippen molar-refractivity contribution in [2.75, 3.05) is 18.5 Å². The molecule has 3 aromatic rings. The standard InChI is InChI=1S/C20H18ClFN4O3S/c1-20(6-9-29-10-7-20)17-26-15(16(30-17)13-5-8-23-18(21)24-13)11-3-2-4-12(14(11)22)25-19(27)28/h2-5,8,25H,6-7,9-10H2,1H3,(H,27,28). The molecule has 1 saturated heterocycles. The number of thiazole rings is 1. The van der Waals surface area contributed by atoms with Crippen LogP contribution >= 0.6 is 22.9 Å². The third kappa shape index (κ3) is 4.00. The van der Waals surface area contributed by atoms with Crippen LogP contribution in [0.1, 0.15) is 24.8 Å². The fourth-order valence-electron chi connectivity index (χ4n) is 3.36. The lowest BCUT2D eigenvalue weighted by Crippen LogP contribution is -2.30. The van der Waals surface area contributed by atoms with Gasteiger partial charge in [0, 0.05) is 30.4 Å². The number of halogens is 2. The van der Waals surface area contributed by atoms with Crippen molar-refractivity contribution in [2.45, 2.75) is 25.2 Å². The van der Waals surface area contributed by atoms with E-state index in [4.69, 9.17) is 26.4 Å². The highest BCUT2D eigenvalue weighted by Gasteiger charge is 2.34. The SMILES string of the molecule is CC1(c2nc(-c3cccc(NC(=O)O)c3F)c(-c3ccnc(Cl)n3)s2)CCOCC1. The van der Waals surface area contributed by atoms with Crippen LogP contribution in [0.15, 0.2) is 30.5 Å². The van der Waals surface area contributed by atoms with E-state index in [0.29, 0.717) is 29.5 Å². The Kier molecular flexibility index (Phi) is 5.68.